The molecule has 1 aromatic carbocycles. The molecule has 0 fully saturated rings. The summed E-state index contributed by atoms with van der Waals surface area (Å²) in [6.07, 6.45) is -4.19. The molecule has 0 saturated heterocycles. The van der Waals surface area contributed by atoms with E-state index in [-0.39, 0.29) is 6.42 Å². The van der Waals surface area contributed by atoms with Crippen molar-refractivity contribution in [1.29, 1.82) is 0 Å². The molecule has 0 aliphatic heterocycles. The number of halogens is 3. The predicted octanol–water partition coefficient (Wildman–Crippen LogP) is 1.99. The molecule has 0 atom stereocenters. The van der Waals surface area contributed by atoms with Gasteiger partial charge >= 0.3 is 6.18 Å². The van der Waals surface area contributed by atoms with E-state index >= 15 is 0 Å². The Morgan fingerprint density at radius 3 is 2.25 bits per heavy atom. The molecule has 3 N–H and O–H groups in total. The largest absolute Gasteiger partial charge is 0.416 e. The molecule has 1 aromatic rings. The van der Waals surface area contributed by atoms with Crippen LogP contribution in [0.1, 0.15) is 12.0 Å². The van der Waals surface area contributed by atoms with Crippen molar-refractivity contribution in [2.45, 2.75) is 12.6 Å². The SMILES string of the molecule is NC(=O)CCNc1ccc(C(F)(F)F)cc1. The maximum Gasteiger partial charge on any atom is 0.416 e. The van der Waals surface area contributed by atoms with Gasteiger partial charge in [-0.1, -0.05) is 0 Å². The molecule has 6 heteroatoms. The molecule has 0 heterocycles. The summed E-state index contributed by atoms with van der Waals surface area (Å²) < 4.78 is 36.6. The lowest BCUT2D eigenvalue weighted by Crippen LogP contribution is -2.15. The third kappa shape index (κ3) is 3.80. The van der Waals surface area contributed by atoms with Crippen LogP contribution in [0, 0.1) is 0 Å². The van der Waals surface area contributed by atoms with Gasteiger partial charge < -0.3 is 11.1 Å². The fraction of sp³-hybridized carbons (Fsp3) is 0.300. The topological polar surface area (TPSA) is 55.1 Å². The van der Waals surface area contributed by atoms with E-state index in [1.807, 2.05) is 0 Å². The first-order valence-corrected chi connectivity index (χ1v) is 4.59. The predicted molar refractivity (Wildman–Crippen MR) is 53.7 cm³/mol. The highest BCUT2D eigenvalue weighted by Crippen LogP contribution is 2.29. The molecule has 0 aliphatic carbocycles. The number of carbonyl (C=O) groups is 1. The van der Waals surface area contributed by atoms with E-state index in [1.54, 1.807) is 0 Å². The van der Waals surface area contributed by atoms with Crippen molar-refractivity contribution >= 4 is 11.6 Å². The second-order valence-corrected chi connectivity index (χ2v) is 3.22. The molecule has 0 spiro atoms. The lowest BCUT2D eigenvalue weighted by Gasteiger charge is -2.08. The summed E-state index contributed by atoms with van der Waals surface area (Å²) in [5, 5.41) is 2.79. The zero-order valence-corrected chi connectivity index (χ0v) is 8.34. The normalized spacial score (nSPS) is 11.2. The molecule has 1 amide bonds. The molecule has 0 aliphatic rings. The molecule has 1 rings (SSSR count). The molecule has 16 heavy (non-hydrogen) atoms. The lowest BCUT2D eigenvalue weighted by atomic mass is 10.2. The minimum absolute atomic E-state index is 0.140. The van der Waals surface area contributed by atoms with Gasteiger partial charge in [0.25, 0.3) is 0 Å². The Morgan fingerprint density at radius 1 is 1.25 bits per heavy atom. The van der Waals surface area contributed by atoms with Crippen molar-refractivity contribution in [3.8, 4) is 0 Å². The number of carbonyl (C=O) groups excluding carboxylic acids is 1. The average Bonchev–Trinajstić information content (AvgIpc) is 2.16. The van der Waals surface area contributed by atoms with Crippen molar-refractivity contribution in [3.05, 3.63) is 29.8 Å². The fourth-order valence-electron chi connectivity index (χ4n) is 1.11. The minimum Gasteiger partial charge on any atom is -0.385 e. The van der Waals surface area contributed by atoms with E-state index in [1.165, 1.54) is 12.1 Å². The Labute approximate surface area is 90.4 Å². The number of rotatable bonds is 4. The zero-order valence-electron chi connectivity index (χ0n) is 8.34. The van der Waals surface area contributed by atoms with Crippen LogP contribution < -0.4 is 11.1 Å². The molecule has 0 bridgehead atoms. The quantitative estimate of drug-likeness (QED) is 0.834. The summed E-state index contributed by atoms with van der Waals surface area (Å²) >= 11 is 0. The van der Waals surface area contributed by atoms with Gasteiger partial charge in [-0.2, -0.15) is 13.2 Å². The standard InChI is InChI=1S/C10H11F3N2O/c11-10(12,13)7-1-3-8(4-2-7)15-6-5-9(14)16/h1-4,15H,5-6H2,(H2,14,16). The summed E-state index contributed by atoms with van der Waals surface area (Å²) in [6.45, 7) is 0.306. The number of primary amides is 1. The number of hydrogen-bond acceptors (Lipinski definition) is 2. The monoisotopic (exact) mass is 232 g/mol. The van der Waals surface area contributed by atoms with Crippen LogP contribution in [-0.2, 0) is 11.0 Å². The van der Waals surface area contributed by atoms with Crippen LogP contribution in [0.3, 0.4) is 0 Å². The van der Waals surface area contributed by atoms with Crippen LogP contribution in [0.2, 0.25) is 0 Å². The highest BCUT2D eigenvalue weighted by molar-refractivity contribution is 5.74. The molecule has 0 aromatic heterocycles. The minimum atomic E-state index is -4.33. The van der Waals surface area contributed by atoms with Crippen LogP contribution in [0.25, 0.3) is 0 Å². The number of benzene rings is 1. The van der Waals surface area contributed by atoms with Crippen LogP contribution in [0.5, 0.6) is 0 Å². The third-order valence-electron chi connectivity index (χ3n) is 1.91. The third-order valence-corrected chi connectivity index (χ3v) is 1.91. The maximum absolute atomic E-state index is 12.2. The van der Waals surface area contributed by atoms with Gasteiger partial charge in [-0.3, -0.25) is 4.79 Å². The maximum atomic E-state index is 12.2. The van der Waals surface area contributed by atoms with Gasteiger partial charge in [-0.05, 0) is 24.3 Å². The number of anilines is 1. The van der Waals surface area contributed by atoms with Gasteiger partial charge in [0.05, 0.1) is 5.56 Å². The van der Waals surface area contributed by atoms with Gasteiger partial charge in [0, 0.05) is 18.7 Å². The van der Waals surface area contributed by atoms with Crippen molar-refractivity contribution < 1.29 is 18.0 Å². The number of nitrogens with two attached hydrogens (primary N) is 1. The molecular weight excluding hydrogens is 221 g/mol. The molecule has 0 unspecified atom stereocenters. The van der Waals surface area contributed by atoms with Gasteiger partial charge in [-0.15, -0.1) is 0 Å². The first-order chi connectivity index (χ1) is 7.39. The molecule has 0 radical (unpaired) electrons. The lowest BCUT2D eigenvalue weighted by molar-refractivity contribution is -0.137. The second-order valence-electron chi connectivity index (χ2n) is 3.22. The Kier molecular flexibility index (Phi) is 3.76. The average molecular weight is 232 g/mol. The molecular formula is C10H11F3N2O. The van der Waals surface area contributed by atoms with Crippen LogP contribution >= 0.6 is 0 Å². The number of nitrogens with one attached hydrogen (secondary N) is 1. The number of hydrogen-bond donors (Lipinski definition) is 2. The first kappa shape index (κ1) is 12.4. The summed E-state index contributed by atoms with van der Waals surface area (Å²) in [6, 6.07) is 4.58. The Balaban J connectivity index is 2.55. The summed E-state index contributed by atoms with van der Waals surface area (Å²) in [5.74, 6) is -0.459. The molecule has 3 nitrogen and oxygen atoms in total. The zero-order chi connectivity index (χ0) is 12.2. The van der Waals surface area contributed by atoms with Crippen molar-refractivity contribution in [2.75, 3.05) is 11.9 Å². The fourth-order valence-corrected chi connectivity index (χ4v) is 1.11. The van der Waals surface area contributed by atoms with Crippen LogP contribution in [0.15, 0.2) is 24.3 Å². The van der Waals surface area contributed by atoms with E-state index in [2.05, 4.69) is 5.32 Å². The van der Waals surface area contributed by atoms with E-state index < -0.39 is 17.6 Å². The van der Waals surface area contributed by atoms with E-state index in [4.69, 9.17) is 5.73 Å². The van der Waals surface area contributed by atoms with E-state index in [0.717, 1.165) is 12.1 Å². The Bertz CT molecular complexity index is 359. The van der Waals surface area contributed by atoms with Crippen LogP contribution in [-0.4, -0.2) is 12.5 Å². The first-order valence-electron chi connectivity index (χ1n) is 4.59. The van der Waals surface area contributed by atoms with Crippen molar-refractivity contribution in [2.24, 2.45) is 5.73 Å². The van der Waals surface area contributed by atoms with Gasteiger partial charge in [0.15, 0.2) is 0 Å². The van der Waals surface area contributed by atoms with Crippen molar-refractivity contribution in [1.82, 2.24) is 0 Å². The Hall–Kier alpha value is -1.72. The number of amides is 1. The summed E-state index contributed by atoms with van der Waals surface area (Å²) in [5.41, 5.74) is 4.73. The van der Waals surface area contributed by atoms with Crippen molar-refractivity contribution in [3.63, 3.8) is 0 Å². The molecule has 88 valence electrons. The van der Waals surface area contributed by atoms with Gasteiger partial charge in [0.1, 0.15) is 0 Å². The number of alkyl halides is 3. The summed E-state index contributed by atoms with van der Waals surface area (Å²) in [7, 11) is 0. The molecule has 0 saturated carbocycles. The van der Waals surface area contributed by atoms with E-state index in [9.17, 15) is 18.0 Å². The highest BCUT2D eigenvalue weighted by atomic mass is 19.4. The highest BCUT2D eigenvalue weighted by Gasteiger charge is 2.29. The smallest absolute Gasteiger partial charge is 0.385 e. The van der Waals surface area contributed by atoms with Gasteiger partial charge in [-0.25, -0.2) is 0 Å². The van der Waals surface area contributed by atoms with E-state index in [0.29, 0.717) is 12.2 Å². The summed E-state index contributed by atoms with van der Waals surface area (Å²) in [4.78, 5) is 10.4. The van der Waals surface area contributed by atoms with Crippen LogP contribution in [0.4, 0.5) is 18.9 Å². The second kappa shape index (κ2) is 4.87. The van der Waals surface area contributed by atoms with Gasteiger partial charge in [0.2, 0.25) is 5.91 Å². The Morgan fingerprint density at radius 2 is 1.81 bits per heavy atom.